The number of ether oxygens (including phenoxy) is 1. The molecular weight excluding hydrogens is 335 g/mol. The summed E-state index contributed by atoms with van der Waals surface area (Å²) in [5.41, 5.74) is 0. The number of carbonyl (C=O) groups excluding carboxylic acids is 1. The molecule has 1 heterocycles. The molecule has 0 aromatic heterocycles. The van der Waals surface area contributed by atoms with E-state index in [2.05, 4.69) is 17.6 Å². The second kappa shape index (κ2) is 8.69. The van der Waals surface area contributed by atoms with Crippen LogP contribution in [-0.2, 0) is 4.79 Å². The molecule has 1 aromatic rings. The fourth-order valence-corrected chi connectivity index (χ4v) is 2.50. The molecule has 0 saturated carbocycles. The SMILES string of the molecule is CC1CCNCC1NC(=O)COc1cc(Cl)ccc1Cl.Cl. The Morgan fingerprint density at radius 1 is 1.48 bits per heavy atom. The highest BCUT2D eigenvalue weighted by molar-refractivity contribution is 6.34. The smallest absolute Gasteiger partial charge is 0.258 e. The number of benzene rings is 1. The van der Waals surface area contributed by atoms with Gasteiger partial charge in [0, 0.05) is 23.7 Å². The number of nitrogens with one attached hydrogen (secondary N) is 2. The van der Waals surface area contributed by atoms with Gasteiger partial charge in [0.25, 0.3) is 5.91 Å². The maximum Gasteiger partial charge on any atom is 0.258 e. The summed E-state index contributed by atoms with van der Waals surface area (Å²) in [4.78, 5) is 11.9. The minimum atomic E-state index is -0.151. The summed E-state index contributed by atoms with van der Waals surface area (Å²) in [6.07, 6.45) is 1.06. The summed E-state index contributed by atoms with van der Waals surface area (Å²) in [6, 6.07) is 5.06. The van der Waals surface area contributed by atoms with E-state index < -0.39 is 0 Å². The molecule has 2 atom stereocenters. The van der Waals surface area contributed by atoms with Crippen LogP contribution in [0.2, 0.25) is 10.0 Å². The van der Waals surface area contributed by atoms with E-state index in [0.717, 1.165) is 19.5 Å². The van der Waals surface area contributed by atoms with Gasteiger partial charge >= 0.3 is 0 Å². The Morgan fingerprint density at radius 2 is 2.24 bits per heavy atom. The first-order chi connectivity index (χ1) is 9.56. The first kappa shape index (κ1) is 18.4. The molecule has 1 fully saturated rings. The zero-order valence-corrected chi connectivity index (χ0v) is 14.0. The van der Waals surface area contributed by atoms with Crippen molar-refractivity contribution in [3.63, 3.8) is 0 Å². The lowest BCUT2D eigenvalue weighted by Crippen LogP contribution is -2.51. The van der Waals surface area contributed by atoms with Crippen molar-refractivity contribution >= 4 is 41.5 Å². The number of amides is 1. The molecule has 1 amide bonds. The highest BCUT2D eigenvalue weighted by Crippen LogP contribution is 2.27. The molecule has 1 saturated heterocycles. The van der Waals surface area contributed by atoms with Crippen LogP contribution in [0.15, 0.2) is 18.2 Å². The van der Waals surface area contributed by atoms with Crippen LogP contribution in [0.3, 0.4) is 0 Å². The van der Waals surface area contributed by atoms with E-state index >= 15 is 0 Å². The Labute approximate surface area is 140 Å². The third-order valence-electron chi connectivity index (χ3n) is 3.43. The fourth-order valence-electron chi connectivity index (χ4n) is 2.16. The molecule has 1 aliphatic rings. The van der Waals surface area contributed by atoms with Crippen LogP contribution >= 0.6 is 35.6 Å². The Morgan fingerprint density at radius 3 is 2.95 bits per heavy atom. The summed E-state index contributed by atoms with van der Waals surface area (Å²) >= 11 is 11.8. The molecule has 4 nitrogen and oxygen atoms in total. The summed E-state index contributed by atoms with van der Waals surface area (Å²) in [5.74, 6) is 0.737. The minimum absolute atomic E-state index is 0. The standard InChI is InChI=1S/C14H18Cl2N2O2.ClH/c1-9-4-5-17-7-12(9)18-14(19)8-20-13-6-10(15)2-3-11(13)16;/h2-3,6,9,12,17H,4-5,7-8H2,1H3,(H,18,19);1H. The summed E-state index contributed by atoms with van der Waals surface area (Å²) in [6.45, 7) is 3.87. The second-order valence-corrected chi connectivity index (χ2v) is 5.85. The van der Waals surface area contributed by atoms with Crippen molar-refractivity contribution in [1.29, 1.82) is 0 Å². The highest BCUT2D eigenvalue weighted by Gasteiger charge is 2.22. The van der Waals surface area contributed by atoms with Crippen molar-refractivity contribution in [2.75, 3.05) is 19.7 Å². The van der Waals surface area contributed by atoms with Crippen molar-refractivity contribution in [2.24, 2.45) is 5.92 Å². The van der Waals surface area contributed by atoms with E-state index in [4.69, 9.17) is 27.9 Å². The Hall–Kier alpha value is -0.680. The van der Waals surface area contributed by atoms with Gasteiger partial charge in [0.15, 0.2) is 6.61 Å². The average Bonchev–Trinajstić information content (AvgIpc) is 2.42. The topological polar surface area (TPSA) is 50.4 Å². The summed E-state index contributed by atoms with van der Waals surface area (Å²) in [7, 11) is 0. The van der Waals surface area contributed by atoms with Crippen molar-refractivity contribution in [2.45, 2.75) is 19.4 Å². The van der Waals surface area contributed by atoms with Gasteiger partial charge < -0.3 is 15.4 Å². The third kappa shape index (κ3) is 5.55. The zero-order chi connectivity index (χ0) is 14.5. The molecule has 0 aliphatic carbocycles. The zero-order valence-electron chi connectivity index (χ0n) is 11.7. The molecular formula is C14H19Cl3N2O2. The molecule has 7 heteroatoms. The normalized spacial score (nSPS) is 21.3. The van der Waals surface area contributed by atoms with E-state index in [1.807, 2.05) is 0 Å². The Balaban J connectivity index is 0.00000220. The largest absolute Gasteiger partial charge is 0.482 e. The van der Waals surface area contributed by atoms with Crippen LogP contribution in [0.25, 0.3) is 0 Å². The van der Waals surface area contributed by atoms with Crippen molar-refractivity contribution in [3.8, 4) is 5.75 Å². The van der Waals surface area contributed by atoms with E-state index in [1.165, 1.54) is 0 Å². The highest BCUT2D eigenvalue weighted by atomic mass is 35.5. The first-order valence-electron chi connectivity index (χ1n) is 6.64. The molecule has 2 N–H and O–H groups in total. The average molecular weight is 354 g/mol. The Bertz CT molecular complexity index is 485. The monoisotopic (exact) mass is 352 g/mol. The molecule has 2 rings (SSSR count). The van der Waals surface area contributed by atoms with E-state index in [1.54, 1.807) is 18.2 Å². The van der Waals surface area contributed by atoms with Gasteiger partial charge in [-0.15, -0.1) is 12.4 Å². The van der Waals surface area contributed by atoms with Gasteiger partial charge in [-0.05, 0) is 31.0 Å². The Kier molecular flexibility index (Phi) is 7.60. The van der Waals surface area contributed by atoms with Crippen LogP contribution in [0, 0.1) is 5.92 Å². The lowest BCUT2D eigenvalue weighted by molar-refractivity contribution is -0.124. The van der Waals surface area contributed by atoms with E-state index in [9.17, 15) is 4.79 Å². The lowest BCUT2D eigenvalue weighted by atomic mass is 9.95. The molecule has 118 valence electrons. The molecule has 2 unspecified atom stereocenters. The van der Waals surface area contributed by atoms with Crippen LogP contribution in [-0.4, -0.2) is 31.6 Å². The van der Waals surface area contributed by atoms with Gasteiger partial charge in [-0.3, -0.25) is 4.79 Å². The maximum atomic E-state index is 11.9. The number of hydrogen-bond acceptors (Lipinski definition) is 3. The van der Waals surface area contributed by atoms with Crippen LogP contribution < -0.4 is 15.4 Å². The van der Waals surface area contributed by atoms with Gasteiger partial charge in [-0.2, -0.15) is 0 Å². The fraction of sp³-hybridized carbons (Fsp3) is 0.500. The van der Waals surface area contributed by atoms with Crippen molar-refractivity contribution < 1.29 is 9.53 Å². The minimum Gasteiger partial charge on any atom is -0.482 e. The van der Waals surface area contributed by atoms with Gasteiger partial charge in [0.2, 0.25) is 0 Å². The molecule has 21 heavy (non-hydrogen) atoms. The predicted molar refractivity (Wildman–Crippen MR) is 87.8 cm³/mol. The molecule has 0 bridgehead atoms. The second-order valence-electron chi connectivity index (χ2n) is 5.01. The van der Waals surface area contributed by atoms with Crippen LogP contribution in [0.4, 0.5) is 0 Å². The summed E-state index contributed by atoms with van der Waals surface area (Å²) in [5, 5.41) is 7.20. The van der Waals surface area contributed by atoms with Gasteiger partial charge in [0.1, 0.15) is 5.75 Å². The maximum absolute atomic E-state index is 11.9. The quantitative estimate of drug-likeness (QED) is 0.875. The van der Waals surface area contributed by atoms with Gasteiger partial charge in [-0.1, -0.05) is 30.1 Å². The number of halogens is 3. The lowest BCUT2D eigenvalue weighted by Gasteiger charge is -2.30. The van der Waals surface area contributed by atoms with Crippen molar-refractivity contribution in [1.82, 2.24) is 10.6 Å². The molecule has 1 aliphatic heterocycles. The summed E-state index contributed by atoms with van der Waals surface area (Å²) < 4.78 is 5.41. The van der Waals surface area contributed by atoms with Crippen LogP contribution in [0.1, 0.15) is 13.3 Å². The first-order valence-corrected chi connectivity index (χ1v) is 7.40. The number of carbonyl (C=O) groups is 1. The molecule has 0 spiro atoms. The number of hydrogen-bond donors (Lipinski definition) is 2. The predicted octanol–water partition coefficient (Wildman–Crippen LogP) is 2.91. The van der Waals surface area contributed by atoms with E-state index in [-0.39, 0.29) is 31.0 Å². The van der Waals surface area contributed by atoms with E-state index in [0.29, 0.717) is 21.7 Å². The third-order valence-corrected chi connectivity index (χ3v) is 3.97. The molecule has 1 aromatic carbocycles. The van der Waals surface area contributed by atoms with Crippen molar-refractivity contribution in [3.05, 3.63) is 28.2 Å². The van der Waals surface area contributed by atoms with Crippen LogP contribution in [0.5, 0.6) is 5.75 Å². The van der Waals surface area contributed by atoms with Gasteiger partial charge in [0.05, 0.1) is 5.02 Å². The number of piperidine rings is 1. The number of rotatable bonds is 4. The van der Waals surface area contributed by atoms with Gasteiger partial charge in [-0.25, -0.2) is 0 Å². The molecule has 0 radical (unpaired) electrons.